The molecular formula is C17H16FN5O. The summed E-state index contributed by atoms with van der Waals surface area (Å²) in [5, 5.41) is 14.5. The number of nitrogens with zero attached hydrogens (tertiary/aromatic N) is 4. The van der Waals surface area contributed by atoms with Gasteiger partial charge in [-0.1, -0.05) is 42.5 Å². The topological polar surface area (TPSA) is 72.7 Å². The van der Waals surface area contributed by atoms with Crippen molar-refractivity contribution in [2.45, 2.75) is 19.5 Å². The first-order valence-corrected chi connectivity index (χ1v) is 7.50. The highest BCUT2D eigenvalue weighted by Gasteiger charge is 2.14. The number of carbonyl (C=O) groups excluding carboxylic acids is 1. The first kappa shape index (κ1) is 15.8. The van der Waals surface area contributed by atoms with E-state index in [0.29, 0.717) is 0 Å². The zero-order valence-corrected chi connectivity index (χ0v) is 13.1. The Balaban J connectivity index is 1.65. The van der Waals surface area contributed by atoms with Gasteiger partial charge in [0.25, 0.3) is 0 Å². The third-order valence-electron chi connectivity index (χ3n) is 3.53. The lowest BCUT2D eigenvalue weighted by Gasteiger charge is -2.13. The molecule has 0 saturated carbocycles. The first-order valence-electron chi connectivity index (χ1n) is 7.50. The number of halogens is 1. The Morgan fingerprint density at radius 1 is 1.17 bits per heavy atom. The molecule has 1 N–H and O–H groups in total. The lowest BCUT2D eigenvalue weighted by atomic mass is 10.1. The Kier molecular flexibility index (Phi) is 4.60. The molecule has 6 nitrogen and oxygen atoms in total. The minimum atomic E-state index is -0.431. The molecule has 0 saturated heterocycles. The normalized spacial score (nSPS) is 11.9. The number of aromatic nitrogens is 4. The second-order valence-corrected chi connectivity index (χ2v) is 5.32. The van der Waals surface area contributed by atoms with Crippen molar-refractivity contribution in [2.24, 2.45) is 0 Å². The van der Waals surface area contributed by atoms with Gasteiger partial charge < -0.3 is 5.32 Å². The molecule has 1 heterocycles. The highest BCUT2D eigenvalue weighted by Crippen LogP contribution is 2.17. The number of carbonyl (C=O) groups is 1. The molecule has 3 aromatic rings. The summed E-state index contributed by atoms with van der Waals surface area (Å²) in [4.78, 5) is 13.2. The molecule has 122 valence electrons. The van der Waals surface area contributed by atoms with Crippen LogP contribution in [0.4, 0.5) is 4.39 Å². The van der Waals surface area contributed by atoms with Crippen LogP contribution in [0.2, 0.25) is 0 Å². The van der Waals surface area contributed by atoms with Crippen molar-refractivity contribution in [3.8, 4) is 11.4 Å². The summed E-state index contributed by atoms with van der Waals surface area (Å²) in [5.74, 6) is -0.528. The average molecular weight is 325 g/mol. The fraction of sp³-hybridized carbons (Fsp3) is 0.176. The minimum absolute atomic E-state index is 0.0847. The molecule has 1 aromatic heterocycles. The summed E-state index contributed by atoms with van der Waals surface area (Å²) in [6.45, 7) is 1.81. The van der Waals surface area contributed by atoms with Gasteiger partial charge in [-0.15, -0.1) is 10.2 Å². The van der Waals surface area contributed by atoms with Gasteiger partial charge >= 0.3 is 0 Å². The average Bonchev–Trinajstić information content (AvgIpc) is 3.04. The summed E-state index contributed by atoms with van der Waals surface area (Å²) < 4.78 is 13.7. The monoisotopic (exact) mass is 325 g/mol. The van der Waals surface area contributed by atoms with Crippen LogP contribution in [-0.4, -0.2) is 26.1 Å². The van der Waals surface area contributed by atoms with E-state index >= 15 is 0 Å². The second-order valence-electron chi connectivity index (χ2n) is 5.32. The van der Waals surface area contributed by atoms with Crippen molar-refractivity contribution in [3.63, 3.8) is 0 Å². The standard InChI is InChI=1S/C17H16FN5O/c1-12(13-7-3-2-4-8-13)19-16(24)11-23-21-17(20-22-23)14-9-5-6-10-15(14)18/h2-10,12H,11H2,1H3,(H,19,24)/t12-/m1/s1. The molecular weight excluding hydrogens is 309 g/mol. The molecule has 0 unspecified atom stereocenters. The van der Waals surface area contributed by atoms with Gasteiger partial charge in [-0.3, -0.25) is 4.79 Å². The Morgan fingerprint density at radius 2 is 1.88 bits per heavy atom. The van der Waals surface area contributed by atoms with E-state index in [1.807, 2.05) is 37.3 Å². The van der Waals surface area contributed by atoms with Crippen LogP contribution in [0, 0.1) is 5.82 Å². The molecule has 7 heteroatoms. The number of hydrogen-bond acceptors (Lipinski definition) is 4. The van der Waals surface area contributed by atoms with E-state index in [1.165, 1.54) is 6.07 Å². The lowest BCUT2D eigenvalue weighted by molar-refractivity contribution is -0.122. The fourth-order valence-corrected chi connectivity index (χ4v) is 2.30. The van der Waals surface area contributed by atoms with Gasteiger partial charge in [-0.25, -0.2) is 4.39 Å². The highest BCUT2D eigenvalue weighted by molar-refractivity contribution is 5.76. The molecule has 0 spiro atoms. The summed E-state index contributed by atoms with van der Waals surface area (Å²) in [6, 6.07) is 15.7. The fourth-order valence-electron chi connectivity index (χ4n) is 2.30. The Morgan fingerprint density at radius 3 is 2.62 bits per heavy atom. The summed E-state index contributed by atoms with van der Waals surface area (Å²) >= 11 is 0. The van der Waals surface area contributed by atoms with E-state index in [-0.39, 0.29) is 29.9 Å². The van der Waals surface area contributed by atoms with Crippen LogP contribution in [0.15, 0.2) is 54.6 Å². The maximum atomic E-state index is 13.7. The molecule has 1 atom stereocenters. The van der Waals surface area contributed by atoms with Crippen molar-refractivity contribution in [1.29, 1.82) is 0 Å². The first-order chi connectivity index (χ1) is 11.6. The summed E-state index contributed by atoms with van der Waals surface area (Å²) in [6.07, 6.45) is 0. The van der Waals surface area contributed by atoms with Crippen LogP contribution >= 0.6 is 0 Å². The Labute approximate surface area is 138 Å². The zero-order chi connectivity index (χ0) is 16.9. The minimum Gasteiger partial charge on any atom is -0.348 e. The van der Waals surface area contributed by atoms with Crippen molar-refractivity contribution in [1.82, 2.24) is 25.5 Å². The summed E-state index contributed by atoms with van der Waals surface area (Å²) in [7, 11) is 0. The largest absolute Gasteiger partial charge is 0.348 e. The van der Waals surface area contributed by atoms with Crippen LogP contribution in [-0.2, 0) is 11.3 Å². The number of rotatable bonds is 5. The van der Waals surface area contributed by atoms with E-state index in [0.717, 1.165) is 10.4 Å². The molecule has 24 heavy (non-hydrogen) atoms. The zero-order valence-electron chi connectivity index (χ0n) is 13.1. The van der Waals surface area contributed by atoms with Gasteiger partial charge in [0.15, 0.2) is 0 Å². The third kappa shape index (κ3) is 3.62. The molecule has 2 aromatic carbocycles. The maximum Gasteiger partial charge on any atom is 0.244 e. The van der Waals surface area contributed by atoms with Crippen molar-refractivity contribution in [3.05, 3.63) is 66.0 Å². The molecule has 0 bridgehead atoms. The van der Waals surface area contributed by atoms with E-state index in [1.54, 1.807) is 18.2 Å². The van der Waals surface area contributed by atoms with Gasteiger partial charge in [-0.2, -0.15) is 4.80 Å². The smallest absolute Gasteiger partial charge is 0.244 e. The third-order valence-corrected chi connectivity index (χ3v) is 3.53. The van der Waals surface area contributed by atoms with Crippen LogP contribution < -0.4 is 5.32 Å². The van der Waals surface area contributed by atoms with Gasteiger partial charge in [0.05, 0.1) is 11.6 Å². The molecule has 1 amide bonds. The lowest BCUT2D eigenvalue weighted by Crippen LogP contribution is -2.30. The quantitative estimate of drug-likeness (QED) is 0.781. The maximum absolute atomic E-state index is 13.7. The van der Waals surface area contributed by atoms with Crippen LogP contribution in [0.1, 0.15) is 18.5 Å². The molecule has 0 radical (unpaired) electrons. The van der Waals surface area contributed by atoms with Crippen molar-refractivity contribution in [2.75, 3.05) is 0 Å². The Bertz CT molecular complexity index is 834. The van der Waals surface area contributed by atoms with E-state index in [2.05, 4.69) is 20.7 Å². The Hall–Kier alpha value is -3.09. The van der Waals surface area contributed by atoms with Crippen LogP contribution in [0.25, 0.3) is 11.4 Å². The SMILES string of the molecule is C[C@@H](NC(=O)Cn1nnc(-c2ccccc2F)n1)c1ccccc1. The molecule has 0 aliphatic heterocycles. The second kappa shape index (κ2) is 6.99. The van der Waals surface area contributed by atoms with Crippen LogP contribution in [0.3, 0.4) is 0 Å². The van der Waals surface area contributed by atoms with Gasteiger partial charge in [-0.05, 0) is 29.8 Å². The van der Waals surface area contributed by atoms with Gasteiger partial charge in [0.2, 0.25) is 11.7 Å². The van der Waals surface area contributed by atoms with E-state index in [4.69, 9.17) is 0 Å². The van der Waals surface area contributed by atoms with E-state index < -0.39 is 5.82 Å². The van der Waals surface area contributed by atoms with Crippen molar-refractivity contribution < 1.29 is 9.18 Å². The number of hydrogen-bond donors (Lipinski definition) is 1. The van der Waals surface area contributed by atoms with E-state index in [9.17, 15) is 9.18 Å². The van der Waals surface area contributed by atoms with Crippen LogP contribution in [0.5, 0.6) is 0 Å². The number of benzene rings is 2. The van der Waals surface area contributed by atoms with Crippen molar-refractivity contribution >= 4 is 5.91 Å². The number of nitrogens with one attached hydrogen (secondary N) is 1. The highest BCUT2D eigenvalue weighted by atomic mass is 19.1. The van der Waals surface area contributed by atoms with Gasteiger partial charge in [0.1, 0.15) is 12.4 Å². The number of amides is 1. The molecule has 0 aliphatic rings. The number of tetrazole rings is 1. The van der Waals surface area contributed by atoms with Gasteiger partial charge in [0, 0.05) is 0 Å². The summed E-state index contributed by atoms with van der Waals surface area (Å²) in [5.41, 5.74) is 1.26. The predicted octanol–water partition coefficient (Wildman–Crippen LogP) is 2.36. The predicted molar refractivity (Wildman–Crippen MR) is 86.2 cm³/mol. The molecule has 3 rings (SSSR count). The molecule has 0 fully saturated rings. The molecule has 0 aliphatic carbocycles.